The zero-order chi connectivity index (χ0) is 15.0. The van der Waals surface area contributed by atoms with Crippen molar-refractivity contribution in [2.75, 3.05) is 0 Å². The Bertz CT molecular complexity index is 868. The van der Waals surface area contributed by atoms with Crippen LogP contribution in [0, 0.1) is 3.57 Å². The van der Waals surface area contributed by atoms with E-state index < -0.39 is 5.91 Å². The summed E-state index contributed by atoms with van der Waals surface area (Å²) >= 11 is 2.16. The minimum atomic E-state index is -0.541. The van der Waals surface area contributed by atoms with Crippen molar-refractivity contribution in [3.05, 3.63) is 69.4 Å². The van der Waals surface area contributed by atoms with Crippen LogP contribution in [0.1, 0.15) is 20.7 Å². The first-order valence-corrected chi connectivity index (χ1v) is 7.36. The average Bonchev–Trinajstić information content (AvgIpc) is 2.86. The van der Waals surface area contributed by atoms with Gasteiger partial charge in [0.05, 0.1) is 11.1 Å². The molecule has 0 fully saturated rings. The van der Waals surface area contributed by atoms with Crippen molar-refractivity contribution in [2.24, 2.45) is 5.73 Å². The molecular formula is C16H11IN2O2. The van der Waals surface area contributed by atoms with Crippen LogP contribution < -0.4 is 5.73 Å². The number of carbonyl (C=O) groups excluding carboxylic acids is 2. The Labute approximate surface area is 134 Å². The van der Waals surface area contributed by atoms with Crippen LogP contribution in [0.3, 0.4) is 0 Å². The van der Waals surface area contributed by atoms with Crippen LogP contribution in [-0.4, -0.2) is 16.4 Å². The summed E-state index contributed by atoms with van der Waals surface area (Å²) in [4.78, 5) is 24.2. The van der Waals surface area contributed by atoms with Gasteiger partial charge in [-0.15, -0.1) is 0 Å². The Morgan fingerprint density at radius 1 is 1.05 bits per heavy atom. The van der Waals surface area contributed by atoms with Crippen LogP contribution in [0.4, 0.5) is 0 Å². The lowest BCUT2D eigenvalue weighted by Gasteiger charge is -2.04. The summed E-state index contributed by atoms with van der Waals surface area (Å²) in [6.45, 7) is 0. The van der Waals surface area contributed by atoms with Crippen molar-refractivity contribution < 1.29 is 9.59 Å². The summed E-state index contributed by atoms with van der Waals surface area (Å²) in [5.74, 6) is -0.724. The minimum absolute atomic E-state index is 0.183. The van der Waals surface area contributed by atoms with E-state index in [0.717, 1.165) is 3.57 Å². The highest BCUT2D eigenvalue weighted by molar-refractivity contribution is 14.1. The Morgan fingerprint density at radius 3 is 2.52 bits per heavy atom. The SMILES string of the molecule is NC(=O)c1cn(C(=O)c2cccc(I)c2)c2ccccc12. The number of halogens is 1. The van der Waals surface area contributed by atoms with E-state index in [1.807, 2.05) is 30.3 Å². The number of carbonyl (C=O) groups is 2. The van der Waals surface area contributed by atoms with Gasteiger partial charge in [-0.1, -0.05) is 24.3 Å². The average molecular weight is 390 g/mol. The Morgan fingerprint density at radius 2 is 1.81 bits per heavy atom. The van der Waals surface area contributed by atoms with Crippen LogP contribution in [0.15, 0.2) is 54.7 Å². The van der Waals surface area contributed by atoms with Crippen molar-refractivity contribution in [1.82, 2.24) is 4.57 Å². The van der Waals surface area contributed by atoms with E-state index in [0.29, 0.717) is 22.0 Å². The number of amides is 1. The van der Waals surface area contributed by atoms with Gasteiger partial charge < -0.3 is 5.73 Å². The summed E-state index contributed by atoms with van der Waals surface area (Å²) < 4.78 is 2.45. The zero-order valence-corrected chi connectivity index (χ0v) is 13.1. The van der Waals surface area contributed by atoms with Crippen molar-refractivity contribution >= 4 is 45.3 Å². The molecule has 2 aromatic carbocycles. The minimum Gasteiger partial charge on any atom is -0.366 e. The Kier molecular flexibility index (Phi) is 3.50. The summed E-state index contributed by atoms with van der Waals surface area (Å²) in [5.41, 5.74) is 6.99. The van der Waals surface area contributed by atoms with Crippen molar-refractivity contribution in [3.63, 3.8) is 0 Å². The number of primary amides is 1. The van der Waals surface area contributed by atoms with Gasteiger partial charge in [0.1, 0.15) is 0 Å². The van der Waals surface area contributed by atoms with E-state index in [2.05, 4.69) is 22.6 Å². The maximum absolute atomic E-state index is 12.7. The molecule has 0 aliphatic carbocycles. The lowest BCUT2D eigenvalue weighted by atomic mass is 10.2. The molecule has 21 heavy (non-hydrogen) atoms. The molecule has 0 aliphatic heterocycles. The summed E-state index contributed by atoms with van der Waals surface area (Å²) in [5, 5.41) is 0.684. The Hall–Kier alpha value is -2.15. The van der Waals surface area contributed by atoms with Crippen molar-refractivity contribution in [1.29, 1.82) is 0 Å². The predicted molar refractivity (Wildman–Crippen MR) is 89.3 cm³/mol. The number of nitrogens with two attached hydrogens (primary N) is 1. The molecule has 1 aromatic heterocycles. The zero-order valence-electron chi connectivity index (χ0n) is 10.9. The molecule has 1 amide bonds. The van der Waals surface area contributed by atoms with E-state index in [-0.39, 0.29) is 5.91 Å². The number of fused-ring (bicyclic) bond motifs is 1. The lowest BCUT2D eigenvalue weighted by Crippen LogP contribution is -2.12. The number of aromatic nitrogens is 1. The van der Waals surface area contributed by atoms with Gasteiger partial charge in [0, 0.05) is 20.7 Å². The van der Waals surface area contributed by atoms with Gasteiger partial charge in [-0.05, 0) is 46.9 Å². The molecule has 0 saturated carbocycles. The molecule has 3 rings (SSSR count). The monoisotopic (exact) mass is 390 g/mol. The molecule has 0 aliphatic rings. The second-order valence-corrected chi connectivity index (χ2v) is 5.86. The van der Waals surface area contributed by atoms with E-state index >= 15 is 0 Å². The van der Waals surface area contributed by atoms with Crippen LogP contribution in [0.5, 0.6) is 0 Å². The number of hydrogen-bond acceptors (Lipinski definition) is 2. The molecule has 4 nitrogen and oxygen atoms in total. The maximum atomic E-state index is 12.7. The topological polar surface area (TPSA) is 65.1 Å². The van der Waals surface area contributed by atoms with Crippen LogP contribution in [0.25, 0.3) is 10.9 Å². The third kappa shape index (κ3) is 2.44. The molecule has 0 saturated heterocycles. The molecule has 2 N–H and O–H groups in total. The molecule has 0 bridgehead atoms. The number of nitrogens with zero attached hydrogens (tertiary/aromatic N) is 1. The van der Waals surface area contributed by atoms with Crippen molar-refractivity contribution in [2.45, 2.75) is 0 Å². The van der Waals surface area contributed by atoms with Gasteiger partial charge in [0.15, 0.2) is 0 Å². The van der Waals surface area contributed by atoms with Gasteiger partial charge in [-0.25, -0.2) is 0 Å². The first-order chi connectivity index (χ1) is 10.1. The van der Waals surface area contributed by atoms with Gasteiger partial charge in [-0.2, -0.15) is 0 Å². The molecule has 0 atom stereocenters. The lowest BCUT2D eigenvalue weighted by molar-refractivity contribution is 0.0965. The fraction of sp³-hybridized carbons (Fsp3) is 0. The highest BCUT2D eigenvalue weighted by Gasteiger charge is 2.17. The van der Waals surface area contributed by atoms with Gasteiger partial charge >= 0.3 is 0 Å². The van der Waals surface area contributed by atoms with Crippen LogP contribution in [0.2, 0.25) is 0 Å². The quantitative estimate of drug-likeness (QED) is 0.684. The molecular weight excluding hydrogens is 379 g/mol. The highest BCUT2D eigenvalue weighted by atomic mass is 127. The van der Waals surface area contributed by atoms with Gasteiger partial charge in [0.25, 0.3) is 11.8 Å². The summed E-state index contributed by atoms with van der Waals surface area (Å²) in [7, 11) is 0. The van der Waals surface area contributed by atoms with Gasteiger partial charge in [-0.3, -0.25) is 14.2 Å². The second-order valence-electron chi connectivity index (χ2n) is 4.61. The summed E-state index contributed by atoms with van der Waals surface area (Å²) in [6, 6.07) is 14.5. The number of hydrogen-bond donors (Lipinski definition) is 1. The smallest absolute Gasteiger partial charge is 0.262 e. The molecule has 0 spiro atoms. The first kappa shape index (κ1) is 13.8. The van der Waals surface area contributed by atoms with Crippen LogP contribution >= 0.6 is 22.6 Å². The third-order valence-corrected chi connectivity index (χ3v) is 3.94. The molecule has 0 unspecified atom stereocenters. The van der Waals surface area contributed by atoms with E-state index in [1.165, 1.54) is 10.8 Å². The number of rotatable bonds is 2. The molecule has 1 heterocycles. The highest BCUT2D eigenvalue weighted by Crippen LogP contribution is 2.22. The third-order valence-electron chi connectivity index (χ3n) is 3.27. The Balaban J connectivity index is 2.21. The van der Waals surface area contributed by atoms with Crippen molar-refractivity contribution in [3.8, 4) is 0 Å². The molecule has 3 aromatic rings. The number of para-hydroxylation sites is 1. The van der Waals surface area contributed by atoms with E-state index in [1.54, 1.807) is 18.2 Å². The maximum Gasteiger partial charge on any atom is 0.262 e. The predicted octanol–water partition coefficient (Wildman–Crippen LogP) is 3.03. The van der Waals surface area contributed by atoms with E-state index in [9.17, 15) is 9.59 Å². The first-order valence-electron chi connectivity index (χ1n) is 6.28. The largest absolute Gasteiger partial charge is 0.366 e. The molecule has 0 radical (unpaired) electrons. The second kappa shape index (κ2) is 5.33. The summed E-state index contributed by atoms with van der Waals surface area (Å²) in [6.07, 6.45) is 1.51. The van der Waals surface area contributed by atoms with Crippen LogP contribution in [-0.2, 0) is 0 Å². The van der Waals surface area contributed by atoms with Gasteiger partial charge in [0.2, 0.25) is 0 Å². The van der Waals surface area contributed by atoms with E-state index in [4.69, 9.17) is 5.73 Å². The fourth-order valence-electron chi connectivity index (χ4n) is 2.30. The standard InChI is InChI=1S/C16H11IN2O2/c17-11-5-3-4-10(8-11)16(21)19-9-13(15(18)20)12-6-1-2-7-14(12)19/h1-9H,(H2,18,20). The normalized spacial score (nSPS) is 10.7. The number of benzene rings is 2. The molecule has 5 heteroatoms. The fourth-order valence-corrected chi connectivity index (χ4v) is 2.85. The molecule has 104 valence electrons.